The van der Waals surface area contributed by atoms with Crippen LogP contribution in [0.4, 0.5) is 5.88 Å². The van der Waals surface area contributed by atoms with E-state index in [-0.39, 0.29) is 5.88 Å². The van der Waals surface area contributed by atoms with Gasteiger partial charge in [-0.15, -0.1) is 0 Å². The largest absolute Gasteiger partial charge is 0.459 e. The van der Waals surface area contributed by atoms with Gasteiger partial charge in [0.2, 0.25) is 0 Å². The lowest BCUT2D eigenvalue weighted by atomic mass is 10.5. The van der Waals surface area contributed by atoms with Gasteiger partial charge < -0.3 is 4.42 Å². The highest BCUT2D eigenvalue weighted by atomic mass is 16.4. The second-order valence-corrected chi connectivity index (χ2v) is 1.43. The van der Waals surface area contributed by atoms with Crippen LogP contribution in [0.15, 0.2) is 21.7 Å². The van der Waals surface area contributed by atoms with Crippen molar-refractivity contribution in [2.45, 2.75) is 0 Å². The number of rotatable bonds is 1. The van der Waals surface area contributed by atoms with E-state index in [0.29, 0.717) is 5.76 Å². The average molecular weight is 122 g/mol. The van der Waals surface area contributed by atoms with Crippen molar-refractivity contribution in [1.82, 2.24) is 0 Å². The molecule has 0 atom stereocenters. The molecule has 0 bridgehead atoms. The fraction of sp³-hybridized carbons (Fsp3) is 0. The molecule has 0 saturated carbocycles. The van der Waals surface area contributed by atoms with Crippen molar-refractivity contribution < 1.29 is 4.42 Å². The van der Waals surface area contributed by atoms with Crippen LogP contribution >= 0.6 is 0 Å². The molecule has 1 aromatic rings. The predicted octanol–water partition coefficient (Wildman–Crippen LogP) is 2.40. The van der Waals surface area contributed by atoms with E-state index < -0.39 is 0 Å². The quantitative estimate of drug-likeness (QED) is 0.320. The van der Waals surface area contributed by atoms with Gasteiger partial charge >= 0.3 is 0 Å². The number of azide groups is 1. The third-order valence-electron chi connectivity index (χ3n) is 0.791. The van der Waals surface area contributed by atoms with Crippen molar-refractivity contribution in [3.8, 4) is 0 Å². The minimum absolute atomic E-state index is 0.252. The van der Waals surface area contributed by atoms with Crippen LogP contribution in [0.5, 0.6) is 0 Å². The Balaban J connectivity index is 2.97. The maximum Gasteiger partial charge on any atom is 0.190 e. The molecule has 0 saturated heterocycles. The Kier molecular flexibility index (Phi) is 1.42. The van der Waals surface area contributed by atoms with Gasteiger partial charge in [0.15, 0.2) is 5.88 Å². The predicted molar refractivity (Wildman–Crippen MR) is 32.0 cm³/mol. The maximum atomic E-state index is 7.91. The molecule has 9 heavy (non-hydrogen) atoms. The molecule has 4 nitrogen and oxygen atoms in total. The molecule has 0 aromatic carbocycles. The number of furan rings is 1. The zero-order valence-corrected chi connectivity index (χ0v) is 4.61. The molecule has 0 spiro atoms. The van der Waals surface area contributed by atoms with E-state index in [0.717, 1.165) is 0 Å². The summed E-state index contributed by atoms with van der Waals surface area (Å²) < 4.78 is 4.79. The van der Waals surface area contributed by atoms with E-state index in [2.05, 4.69) is 16.9 Å². The fourth-order valence-electron chi connectivity index (χ4n) is 0.464. The fourth-order valence-corrected chi connectivity index (χ4v) is 0.464. The molecule has 0 aliphatic rings. The van der Waals surface area contributed by atoms with Gasteiger partial charge in [-0.25, -0.2) is 0 Å². The summed E-state index contributed by atoms with van der Waals surface area (Å²) in [5.74, 6) is 0.750. The van der Waals surface area contributed by atoms with Crippen molar-refractivity contribution in [3.63, 3.8) is 0 Å². The van der Waals surface area contributed by atoms with Gasteiger partial charge in [0.1, 0.15) is 5.76 Å². The number of nitrogens with zero attached hydrogens (tertiary/aromatic N) is 3. The molecule has 1 rings (SSSR count). The van der Waals surface area contributed by atoms with Crippen LogP contribution in [0.2, 0.25) is 0 Å². The first kappa shape index (κ1) is 5.72. The van der Waals surface area contributed by atoms with Gasteiger partial charge in [0.25, 0.3) is 0 Å². The molecule has 0 unspecified atom stereocenters. The average Bonchev–Trinajstić information content (AvgIpc) is 2.17. The topological polar surface area (TPSA) is 61.9 Å². The standard InChI is InChI=1S/C5H4N3O/c1-4-2-3-5(9-4)7-8-6/h2-3H,1H2. The minimum Gasteiger partial charge on any atom is -0.459 e. The van der Waals surface area contributed by atoms with Crippen molar-refractivity contribution in [2.75, 3.05) is 0 Å². The van der Waals surface area contributed by atoms with E-state index in [1.165, 1.54) is 0 Å². The monoisotopic (exact) mass is 122 g/mol. The Bertz CT molecular complexity index is 246. The van der Waals surface area contributed by atoms with Crippen molar-refractivity contribution in [3.05, 3.63) is 35.3 Å². The second kappa shape index (κ2) is 2.24. The molecule has 1 aromatic heterocycles. The Labute approximate surface area is 51.7 Å². The Morgan fingerprint density at radius 1 is 1.67 bits per heavy atom. The molecule has 1 heterocycles. The molecule has 0 aliphatic carbocycles. The summed E-state index contributed by atoms with van der Waals surface area (Å²) in [4.78, 5) is 2.52. The third kappa shape index (κ3) is 1.24. The normalized spacial score (nSPS) is 8.56. The first-order valence-corrected chi connectivity index (χ1v) is 2.30. The summed E-state index contributed by atoms with van der Waals surface area (Å²) in [6, 6.07) is 3.19. The van der Waals surface area contributed by atoms with Crippen LogP contribution in [0.1, 0.15) is 5.76 Å². The summed E-state index contributed by atoms with van der Waals surface area (Å²) in [5.41, 5.74) is 7.91. The van der Waals surface area contributed by atoms with Crippen LogP contribution in [0.3, 0.4) is 0 Å². The highest BCUT2D eigenvalue weighted by molar-refractivity contribution is 5.25. The smallest absolute Gasteiger partial charge is 0.190 e. The zero-order chi connectivity index (χ0) is 6.69. The minimum atomic E-state index is 0.252. The van der Waals surface area contributed by atoms with Gasteiger partial charge in [0.05, 0.1) is 0 Å². The van der Waals surface area contributed by atoms with Crippen LogP contribution in [-0.2, 0) is 0 Å². The SMILES string of the molecule is [CH2]c1ccc(N=[N+]=[N-])o1. The lowest BCUT2D eigenvalue weighted by Crippen LogP contribution is -1.50. The van der Waals surface area contributed by atoms with Gasteiger partial charge in [-0.1, -0.05) is 0 Å². The summed E-state index contributed by atoms with van der Waals surface area (Å²) in [5, 5.41) is 3.20. The molecule has 4 heteroatoms. The first-order valence-electron chi connectivity index (χ1n) is 2.30. The molecule has 0 fully saturated rings. The van der Waals surface area contributed by atoms with Crippen LogP contribution in [0, 0.1) is 6.92 Å². The van der Waals surface area contributed by atoms with Crippen LogP contribution in [-0.4, -0.2) is 0 Å². The first-order chi connectivity index (χ1) is 4.33. The van der Waals surface area contributed by atoms with Crippen molar-refractivity contribution in [1.29, 1.82) is 0 Å². The van der Waals surface area contributed by atoms with E-state index in [1.54, 1.807) is 12.1 Å². The number of hydrogen-bond donors (Lipinski definition) is 0. The summed E-state index contributed by atoms with van der Waals surface area (Å²) >= 11 is 0. The summed E-state index contributed by atoms with van der Waals surface area (Å²) in [7, 11) is 0. The lowest BCUT2D eigenvalue weighted by molar-refractivity contribution is 0.558. The van der Waals surface area contributed by atoms with Crippen LogP contribution in [0.25, 0.3) is 10.4 Å². The molecule has 0 N–H and O–H groups in total. The van der Waals surface area contributed by atoms with Gasteiger partial charge in [0, 0.05) is 11.8 Å². The highest BCUT2D eigenvalue weighted by Gasteiger charge is 1.90. The zero-order valence-electron chi connectivity index (χ0n) is 4.61. The lowest BCUT2D eigenvalue weighted by Gasteiger charge is -1.77. The van der Waals surface area contributed by atoms with Crippen molar-refractivity contribution >= 4 is 5.88 Å². The summed E-state index contributed by atoms with van der Waals surface area (Å²) in [6.45, 7) is 3.47. The Hall–Kier alpha value is -1.41. The molecule has 1 radical (unpaired) electrons. The van der Waals surface area contributed by atoms with Gasteiger partial charge in [-0.05, 0) is 22.8 Å². The Morgan fingerprint density at radius 3 is 2.89 bits per heavy atom. The van der Waals surface area contributed by atoms with E-state index in [1.807, 2.05) is 0 Å². The van der Waals surface area contributed by atoms with E-state index >= 15 is 0 Å². The highest BCUT2D eigenvalue weighted by Crippen LogP contribution is 2.14. The van der Waals surface area contributed by atoms with Crippen molar-refractivity contribution in [2.24, 2.45) is 5.11 Å². The molecular weight excluding hydrogens is 118 g/mol. The summed E-state index contributed by atoms with van der Waals surface area (Å²) in [6.07, 6.45) is 0. The molecule has 0 aliphatic heterocycles. The third-order valence-corrected chi connectivity index (χ3v) is 0.791. The van der Waals surface area contributed by atoms with E-state index in [9.17, 15) is 0 Å². The Morgan fingerprint density at radius 2 is 2.44 bits per heavy atom. The second-order valence-electron chi connectivity index (χ2n) is 1.43. The van der Waals surface area contributed by atoms with Gasteiger partial charge in [-0.2, -0.15) is 0 Å². The van der Waals surface area contributed by atoms with E-state index in [4.69, 9.17) is 9.95 Å². The molecular formula is C5H4N3O. The number of hydrogen-bond acceptors (Lipinski definition) is 2. The van der Waals surface area contributed by atoms with Gasteiger partial charge in [-0.3, -0.25) is 0 Å². The van der Waals surface area contributed by atoms with Crippen LogP contribution < -0.4 is 0 Å². The molecule has 0 amide bonds. The molecule has 45 valence electrons. The maximum absolute atomic E-state index is 7.91.